The molecule has 0 bridgehead atoms. The minimum Gasteiger partial charge on any atom is -0.303 e. The summed E-state index contributed by atoms with van der Waals surface area (Å²) in [6, 6.07) is 0. The molecule has 2 heteroatoms. The number of hydrogen-bond acceptors (Lipinski definition) is 2. The topological polar surface area (TPSA) is 34.1 Å². The zero-order chi connectivity index (χ0) is 11.0. The summed E-state index contributed by atoms with van der Waals surface area (Å²) in [5, 5.41) is 0. The average Bonchev–Trinajstić information content (AvgIpc) is 2.17. The van der Waals surface area contributed by atoms with Crippen molar-refractivity contribution in [3.05, 3.63) is 0 Å². The quantitative estimate of drug-likeness (QED) is 0.341. The van der Waals surface area contributed by atoms with Gasteiger partial charge in [-0.2, -0.15) is 0 Å². The van der Waals surface area contributed by atoms with Crippen LogP contribution in [-0.4, -0.2) is 12.1 Å². The first-order valence-electron chi connectivity index (χ1n) is 5.62. The lowest BCUT2D eigenvalue weighted by molar-refractivity contribution is -0.130. The van der Waals surface area contributed by atoms with Gasteiger partial charge in [-0.05, 0) is 6.42 Å². The van der Waals surface area contributed by atoms with Crippen LogP contribution in [-0.2, 0) is 9.59 Å². The predicted octanol–water partition coefficient (Wildman–Crippen LogP) is 3.00. The Morgan fingerprint density at radius 1 is 1.21 bits per heavy atom. The minimum absolute atomic E-state index is 0.0172. The molecule has 0 radical (unpaired) electrons. The van der Waals surface area contributed by atoms with Gasteiger partial charge in [-0.3, -0.25) is 4.79 Å². The van der Waals surface area contributed by atoms with Crippen molar-refractivity contribution in [2.75, 3.05) is 0 Å². The Labute approximate surface area is 87.1 Å². The van der Waals surface area contributed by atoms with Crippen molar-refractivity contribution in [3.63, 3.8) is 0 Å². The largest absolute Gasteiger partial charge is 0.303 e. The Bertz CT molecular complexity index is 173. The van der Waals surface area contributed by atoms with Crippen LogP contribution in [0.25, 0.3) is 0 Å². The number of carbonyl (C=O) groups is 2. The third-order valence-corrected chi connectivity index (χ3v) is 2.47. The van der Waals surface area contributed by atoms with E-state index in [2.05, 4.69) is 6.92 Å². The monoisotopic (exact) mass is 198 g/mol. The van der Waals surface area contributed by atoms with Crippen LogP contribution < -0.4 is 0 Å². The van der Waals surface area contributed by atoms with Gasteiger partial charge < -0.3 is 4.79 Å². The number of hydrogen-bond donors (Lipinski definition) is 0. The third-order valence-electron chi connectivity index (χ3n) is 2.47. The standard InChI is InChI=1S/C12H22O2/c1-4-5-6-7-8-11(9-13)12(14)10(2)3/h9-11H,4-8H2,1-3H3. The number of aldehydes is 1. The van der Waals surface area contributed by atoms with Crippen molar-refractivity contribution in [1.82, 2.24) is 0 Å². The van der Waals surface area contributed by atoms with E-state index in [1.54, 1.807) is 0 Å². The maximum Gasteiger partial charge on any atom is 0.145 e. The highest BCUT2D eigenvalue weighted by Gasteiger charge is 2.19. The van der Waals surface area contributed by atoms with Crippen LogP contribution in [0.5, 0.6) is 0 Å². The molecule has 0 aromatic rings. The first kappa shape index (κ1) is 13.3. The van der Waals surface area contributed by atoms with Crippen LogP contribution in [0.15, 0.2) is 0 Å². The normalized spacial score (nSPS) is 12.9. The fourth-order valence-electron chi connectivity index (χ4n) is 1.50. The predicted molar refractivity (Wildman–Crippen MR) is 58.2 cm³/mol. The number of unbranched alkanes of at least 4 members (excludes halogenated alkanes) is 3. The van der Waals surface area contributed by atoms with Gasteiger partial charge in [-0.1, -0.05) is 46.5 Å². The van der Waals surface area contributed by atoms with Crippen LogP contribution in [0.1, 0.15) is 52.9 Å². The molecule has 0 aromatic carbocycles. The molecule has 0 aliphatic rings. The summed E-state index contributed by atoms with van der Waals surface area (Å²) < 4.78 is 0. The molecule has 0 heterocycles. The zero-order valence-corrected chi connectivity index (χ0v) is 9.58. The maximum absolute atomic E-state index is 11.5. The highest BCUT2D eigenvalue weighted by atomic mass is 16.1. The Kier molecular flexibility index (Phi) is 7.35. The van der Waals surface area contributed by atoms with E-state index in [9.17, 15) is 9.59 Å². The molecule has 0 spiro atoms. The van der Waals surface area contributed by atoms with Gasteiger partial charge >= 0.3 is 0 Å². The summed E-state index contributed by atoms with van der Waals surface area (Å²) in [7, 11) is 0. The molecule has 0 rings (SSSR count). The summed E-state index contributed by atoms with van der Waals surface area (Å²) in [4.78, 5) is 22.2. The van der Waals surface area contributed by atoms with Gasteiger partial charge in [-0.15, -0.1) is 0 Å². The van der Waals surface area contributed by atoms with Crippen molar-refractivity contribution in [2.24, 2.45) is 11.8 Å². The van der Waals surface area contributed by atoms with Crippen LogP contribution in [0.3, 0.4) is 0 Å². The first-order valence-corrected chi connectivity index (χ1v) is 5.62. The maximum atomic E-state index is 11.5. The fourth-order valence-corrected chi connectivity index (χ4v) is 1.50. The zero-order valence-electron chi connectivity index (χ0n) is 9.58. The molecule has 0 aliphatic heterocycles. The summed E-state index contributed by atoms with van der Waals surface area (Å²) in [6.07, 6.45) is 6.06. The smallest absolute Gasteiger partial charge is 0.145 e. The van der Waals surface area contributed by atoms with Crippen molar-refractivity contribution >= 4 is 12.1 Å². The number of carbonyl (C=O) groups excluding carboxylic acids is 2. The van der Waals surface area contributed by atoms with Gasteiger partial charge in [0.05, 0.1) is 5.92 Å². The molecule has 14 heavy (non-hydrogen) atoms. The molecule has 0 fully saturated rings. The minimum atomic E-state index is -0.355. The second-order valence-corrected chi connectivity index (χ2v) is 4.15. The Balaban J connectivity index is 3.79. The molecular weight excluding hydrogens is 176 g/mol. The van der Waals surface area contributed by atoms with Crippen molar-refractivity contribution in [1.29, 1.82) is 0 Å². The number of Topliss-reactive ketones (excluding diaryl/α,β-unsaturated/α-hetero) is 1. The molecule has 82 valence electrons. The molecule has 0 aromatic heterocycles. The molecule has 0 aliphatic carbocycles. The molecule has 0 N–H and O–H groups in total. The summed E-state index contributed by atoms with van der Waals surface area (Å²) in [5.74, 6) is -0.278. The van der Waals surface area contributed by atoms with Gasteiger partial charge in [0.25, 0.3) is 0 Å². The second-order valence-electron chi connectivity index (χ2n) is 4.15. The van der Waals surface area contributed by atoms with E-state index in [0.717, 1.165) is 25.5 Å². The number of rotatable bonds is 8. The SMILES string of the molecule is CCCCCCC(C=O)C(=O)C(C)C. The molecule has 0 amide bonds. The average molecular weight is 198 g/mol. The molecule has 2 nitrogen and oxygen atoms in total. The van der Waals surface area contributed by atoms with Gasteiger partial charge in [0, 0.05) is 5.92 Å². The Morgan fingerprint density at radius 3 is 2.29 bits per heavy atom. The number of ketones is 1. The summed E-state index contributed by atoms with van der Waals surface area (Å²) >= 11 is 0. The summed E-state index contributed by atoms with van der Waals surface area (Å²) in [5.41, 5.74) is 0. The van der Waals surface area contributed by atoms with Crippen LogP contribution in [0.2, 0.25) is 0 Å². The van der Waals surface area contributed by atoms with Crippen LogP contribution in [0, 0.1) is 11.8 Å². The van der Waals surface area contributed by atoms with E-state index in [1.807, 2.05) is 13.8 Å². The van der Waals surface area contributed by atoms with E-state index in [-0.39, 0.29) is 17.6 Å². The molecule has 0 saturated carbocycles. The lowest BCUT2D eigenvalue weighted by atomic mass is 9.91. The van der Waals surface area contributed by atoms with E-state index >= 15 is 0 Å². The van der Waals surface area contributed by atoms with Crippen molar-refractivity contribution < 1.29 is 9.59 Å². The molecule has 1 atom stereocenters. The molecule has 1 unspecified atom stereocenters. The third kappa shape index (κ3) is 5.15. The van der Waals surface area contributed by atoms with E-state index in [1.165, 1.54) is 12.8 Å². The molecular formula is C12H22O2. The highest BCUT2D eigenvalue weighted by Crippen LogP contribution is 2.13. The fraction of sp³-hybridized carbons (Fsp3) is 0.833. The van der Waals surface area contributed by atoms with E-state index in [0.29, 0.717) is 0 Å². The van der Waals surface area contributed by atoms with Gasteiger partial charge in [0.15, 0.2) is 0 Å². The van der Waals surface area contributed by atoms with Gasteiger partial charge in [0.1, 0.15) is 12.1 Å². The lowest BCUT2D eigenvalue weighted by Gasteiger charge is -2.11. The van der Waals surface area contributed by atoms with Crippen molar-refractivity contribution in [3.8, 4) is 0 Å². The van der Waals surface area contributed by atoms with Crippen LogP contribution in [0.4, 0.5) is 0 Å². The first-order chi connectivity index (χ1) is 6.63. The Morgan fingerprint density at radius 2 is 1.86 bits per heavy atom. The highest BCUT2D eigenvalue weighted by molar-refractivity contribution is 5.94. The van der Waals surface area contributed by atoms with Crippen LogP contribution >= 0.6 is 0 Å². The summed E-state index contributed by atoms with van der Waals surface area (Å²) in [6.45, 7) is 5.85. The Hall–Kier alpha value is -0.660. The van der Waals surface area contributed by atoms with Gasteiger partial charge in [0.2, 0.25) is 0 Å². The van der Waals surface area contributed by atoms with E-state index in [4.69, 9.17) is 0 Å². The van der Waals surface area contributed by atoms with Crippen molar-refractivity contribution in [2.45, 2.75) is 52.9 Å². The van der Waals surface area contributed by atoms with Gasteiger partial charge in [-0.25, -0.2) is 0 Å². The van der Waals surface area contributed by atoms with E-state index < -0.39 is 0 Å². The second kappa shape index (κ2) is 7.72. The molecule has 0 saturated heterocycles. The lowest BCUT2D eigenvalue weighted by Crippen LogP contribution is -2.21.